The van der Waals surface area contributed by atoms with Gasteiger partial charge in [-0.2, -0.15) is 4.98 Å². The van der Waals surface area contributed by atoms with E-state index in [1.807, 2.05) is 12.1 Å². The van der Waals surface area contributed by atoms with Crippen LogP contribution in [-0.2, 0) is 6.42 Å². The molecule has 0 unspecified atom stereocenters. The molecule has 2 N–H and O–H groups in total. The summed E-state index contributed by atoms with van der Waals surface area (Å²) in [6.07, 6.45) is 4.35. The van der Waals surface area contributed by atoms with Crippen LogP contribution in [0.15, 0.2) is 24.5 Å². The predicted octanol–water partition coefficient (Wildman–Crippen LogP) is 0.200. The fourth-order valence-corrected chi connectivity index (χ4v) is 2.06. The maximum Gasteiger partial charge on any atom is 0.244 e. The van der Waals surface area contributed by atoms with E-state index >= 15 is 0 Å². The second-order valence-electron chi connectivity index (χ2n) is 4.35. The third-order valence-corrected chi connectivity index (χ3v) is 3.04. The van der Waals surface area contributed by atoms with Crippen molar-refractivity contribution in [1.29, 1.82) is 0 Å². The number of hydrogen-bond donors (Lipinski definition) is 2. The van der Waals surface area contributed by atoms with E-state index in [9.17, 15) is 0 Å². The van der Waals surface area contributed by atoms with Crippen LogP contribution in [0.4, 0.5) is 5.95 Å². The molecular formula is C12H16N6. The van der Waals surface area contributed by atoms with Crippen molar-refractivity contribution >= 4 is 5.95 Å². The number of H-pyrrole nitrogens is 1. The fourth-order valence-electron chi connectivity index (χ4n) is 2.06. The summed E-state index contributed by atoms with van der Waals surface area (Å²) < 4.78 is 0. The largest absolute Gasteiger partial charge is 0.337 e. The molecule has 0 aliphatic carbocycles. The Balaban J connectivity index is 1.69. The predicted molar refractivity (Wildman–Crippen MR) is 68.5 cm³/mol. The van der Waals surface area contributed by atoms with Gasteiger partial charge in [0.05, 0.1) is 0 Å². The van der Waals surface area contributed by atoms with Crippen LogP contribution in [0, 0.1) is 0 Å². The molecule has 6 heteroatoms. The zero-order valence-corrected chi connectivity index (χ0v) is 10.1. The lowest BCUT2D eigenvalue weighted by atomic mass is 10.2. The summed E-state index contributed by atoms with van der Waals surface area (Å²) in [6, 6.07) is 3.99. The molecule has 3 heterocycles. The monoisotopic (exact) mass is 244 g/mol. The molecule has 0 aromatic carbocycles. The summed E-state index contributed by atoms with van der Waals surface area (Å²) in [4.78, 5) is 10.7. The van der Waals surface area contributed by atoms with Gasteiger partial charge in [-0.15, -0.1) is 5.10 Å². The fraction of sp³-hybridized carbons (Fsp3) is 0.417. The van der Waals surface area contributed by atoms with Gasteiger partial charge in [0.25, 0.3) is 0 Å². The van der Waals surface area contributed by atoms with Crippen molar-refractivity contribution in [3.63, 3.8) is 0 Å². The number of nitrogens with one attached hydrogen (secondary N) is 2. The van der Waals surface area contributed by atoms with E-state index in [-0.39, 0.29) is 0 Å². The van der Waals surface area contributed by atoms with Gasteiger partial charge in [0.2, 0.25) is 5.95 Å². The number of nitrogens with zero attached hydrogens (tertiary/aromatic N) is 4. The van der Waals surface area contributed by atoms with Crippen LogP contribution in [-0.4, -0.2) is 46.3 Å². The highest BCUT2D eigenvalue weighted by molar-refractivity contribution is 5.30. The molecule has 3 rings (SSSR count). The second-order valence-corrected chi connectivity index (χ2v) is 4.35. The van der Waals surface area contributed by atoms with Crippen molar-refractivity contribution in [3.8, 4) is 0 Å². The molecule has 1 fully saturated rings. The average molecular weight is 244 g/mol. The topological polar surface area (TPSA) is 69.7 Å². The standard InChI is InChI=1S/C12H16N6/c1-3-13-4-2-10(1)9-11-15-12(17-16-11)18-7-5-14-6-8-18/h1-4,14H,5-9H2,(H,15,16,17). The van der Waals surface area contributed by atoms with Crippen molar-refractivity contribution in [2.75, 3.05) is 31.1 Å². The highest BCUT2D eigenvalue weighted by Gasteiger charge is 2.14. The van der Waals surface area contributed by atoms with Crippen molar-refractivity contribution in [3.05, 3.63) is 35.9 Å². The summed E-state index contributed by atoms with van der Waals surface area (Å²) in [6.45, 7) is 3.92. The first kappa shape index (κ1) is 11.2. The second kappa shape index (κ2) is 5.14. The Hall–Kier alpha value is -1.95. The number of pyridine rings is 1. The van der Waals surface area contributed by atoms with Gasteiger partial charge in [-0.3, -0.25) is 10.1 Å². The lowest BCUT2D eigenvalue weighted by Gasteiger charge is -2.25. The molecule has 0 atom stereocenters. The van der Waals surface area contributed by atoms with Gasteiger partial charge in [0, 0.05) is 45.0 Å². The van der Waals surface area contributed by atoms with E-state index in [0.29, 0.717) is 0 Å². The van der Waals surface area contributed by atoms with E-state index in [1.54, 1.807) is 12.4 Å². The summed E-state index contributed by atoms with van der Waals surface area (Å²) in [7, 11) is 0. The van der Waals surface area contributed by atoms with Crippen LogP contribution in [0.25, 0.3) is 0 Å². The van der Waals surface area contributed by atoms with Gasteiger partial charge >= 0.3 is 0 Å². The van der Waals surface area contributed by atoms with Crippen LogP contribution in [0.5, 0.6) is 0 Å². The molecule has 2 aromatic rings. The quantitative estimate of drug-likeness (QED) is 0.807. The molecule has 1 saturated heterocycles. The van der Waals surface area contributed by atoms with Crippen molar-refractivity contribution in [2.24, 2.45) is 0 Å². The molecule has 94 valence electrons. The van der Waals surface area contributed by atoms with E-state index in [0.717, 1.165) is 44.4 Å². The van der Waals surface area contributed by atoms with E-state index in [1.165, 1.54) is 5.56 Å². The summed E-state index contributed by atoms with van der Waals surface area (Å²) in [5.41, 5.74) is 1.19. The normalized spacial score (nSPS) is 15.9. The molecule has 0 spiro atoms. The minimum atomic E-state index is 0.765. The molecule has 0 amide bonds. The third kappa shape index (κ3) is 2.48. The number of aromatic nitrogens is 4. The summed E-state index contributed by atoms with van der Waals surface area (Å²) in [5.74, 6) is 1.70. The molecule has 0 saturated carbocycles. The van der Waals surface area contributed by atoms with Crippen molar-refractivity contribution in [1.82, 2.24) is 25.5 Å². The van der Waals surface area contributed by atoms with E-state index in [2.05, 4.69) is 30.4 Å². The van der Waals surface area contributed by atoms with Gasteiger partial charge in [-0.25, -0.2) is 0 Å². The number of piperazine rings is 1. The Morgan fingerprint density at radius 1 is 1.17 bits per heavy atom. The maximum absolute atomic E-state index is 4.54. The van der Waals surface area contributed by atoms with Crippen LogP contribution in [0.1, 0.15) is 11.4 Å². The number of hydrogen-bond acceptors (Lipinski definition) is 5. The minimum absolute atomic E-state index is 0.765. The van der Waals surface area contributed by atoms with Gasteiger partial charge in [0.1, 0.15) is 5.82 Å². The molecule has 1 aliphatic rings. The zero-order valence-electron chi connectivity index (χ0n) is 10.1. The SMILES string of the molecule is c1cc(Cc2nc(N3CCNCC3)n[nH]2)ccn1. The number of aromatic amines is 1. The molecule has 6 nitrogen and oxygen atoms in total. The Morgan fingerprint density at radius 3 is 2.72 bits per heavy atom. The Bertz CT molecular complexity index is 488. The number of anilines is 1. The lowest BCUT2D eigenvalue weighted by Crippen LogP contribution is -2.44. The van der Waals surface area contributed by atoms with Gasteiger partial charge < -0.3 is 10.2 Å². The summed E-state index contributed by atoms with van der Waals surface area (Å²) in [5, 5.41) is 10.6. The molecule has 2 aromatic heterocycles. The van der Waals surface area contributed by atoms with E-state index in [4.69, 9.17) is 0 Å². The van der Waals surface area contributed by atoms with Crippen molar-refractivity contribution < 1.29 is 0 Å². The van der Waals surface area contributed by atoms with Gasteiger partial charge in [-0.05, 0) is 17.7 Å². The zero-order chi connectivity index (χ0) is 12.2. The molecular weight excluding hydrogens is 228 g/mol. The van der Waals surface area contributed by atoms with Gasteiger partial charge in [-0.1, -0.05) is 0 Å². The van der Waals surface area contributed by atoms with Crippen LogP contribution in [0.2, 0.25) is 0 Å². The first-order valence-electron chi connectivity index (χ1n) is 6.18. The average Bonchev–Trinajstić information content (AvgIpc) is 2.89. The minimum Gasteiger partial charge on any atom is -0.337 e. The first-order valence-corrected chi connectivity index (χ1v) is 6.18. The third-order valence-electron chi connectivity index (χ3n) is 3.04. The molecule has 0 bridgehead atoms. The Morgan fingerprint density at radius 2 is 1.94 bits per heavy atom. The first-order chi connectivity index (χ1) is 8.92. The Kier molecular flexibility index (Phi) is 3.18. The van der Waals surface area contributed by atoms with Crippen LogP contribution < -0.4 is 10.2 Å². The number of rotatable bonds is 3. The highest BCUT2D eigenvalue weighted by Crippen LogP contribution is 2.10. The maximum atomic E-state index is 4.54. The van der Waals surface area contributed by atoms with Crippen molar-refractivity contribution in [2.45, 2.75) is 6.42 Å². The van der Waals surface area contributed by atoms with E-state index < -0.39 is 0 Å². The molecule has 0 radical (unpaired) electrons. The highest BCUT2D eigenvalue weighted by atomic mass is 15.4. The molecule has 18 heavy (non-hydrogen) atoms. The lowest BCUT2D eigenvalue weighted by molar-refractivity contribution is 0.580. The van der Waals surface area contributed by atoms with Gasteiger partial charge in [0.15, 0.2) is 0 Å². The Labute approximate surface area is 105 Å². The smallest absolute Gasteiger partial charge is 0.244 e. The molecule has 1 aliphatic heterocycles. The van der Waals surface area contributed by atoms with Crippen LogP contribution in [0.3, 0.4) is 0 Å². The summed E-state index contributed by atoms with van der Waals surface area (Å²) >= 11 is 0. The van der Waals surface area contributed by atoms with Crippen LogP contribution >= 0.6 is 0 Å².